The minimum atomic E-state index is -5.58. The average molecular weight is 481 g/mol. The van der Waals surface area contributed by atoms with E-state index in [2.05, 4.69) is 10.3 Å². The number of aromatic nitrogens is 1. The molecule has 1 fully saturated rings. The lowest BCUT2D eigenvalue weighted by Crippen LogP contribution is -2.46. The van der Waals surface area contributed by atoms with Gasteiger partial charge in [-0.2, -0.15) is 13.2 Å². The summed E-state index contributed by atoms with van der Waals surface area (Å²) in [5.74, 6) is -1.28. The lowest BCUT2D eigenvalue weighted by atomic mass is 9.91. The number of pyridine rings is 1. The summed E-state index contributed by atoms with van der Waals surface area (Å²) in [6.45, 7) is 1.43. The standard InChI is InChI=1S/C21H15F4N3O4S/c1-20(11-12-9-10-26-16-4-2-3-15(22)17(12)16)18(29)28(19(30)27-20)13-5-7-14(8-6-13)33(31,32)21(23,24)25/h2-10H,11H2,1H3,(H,27,30). The Hall–Kier alpha value is -3.54. The van der Waals surface area contributed by atoms with Gasteiger partial charge < -0.3 is 5.32 Å². The van der Waals surface area contributed by atoms with E-state index in [0.29, 0.717) is 28.1 Å². The molecule has 4 rings (SSSR count). The highest BCUT2D eigenvalue weighted by Gasteiger charge is 2.49. The van der Waals surface area contributed by atoms with Gasteiger partial charge in [0, 0.05) is 18.0 Å². The van der Waals surface area contributed by atoms with Crippen molar-refractivity contribution in [1.82, 2.24) is 10.3 Å². The van der Waals surface area contributed by atoms with Gasteiger partial charge in [-0.25, -0.2) is 22.5 Å². The maximum atomic E-state index is 14.4. The second-order valence-electron chi connectivity index (χ2n) is 7.63. The van der Waals surface area contributed by atoms with Crippen molar-refractivity contribution >= 4 is 38.4 Å². The third-order valence-electron chi connectivity index (χ3n) is 5.32. The van der Waals surface area contributed by atoms with Gasteiger partial charge in [0.1, 0.15) is 11.4 Å². The Bertz CT molecular complexity index is 1390. The molecule has 1 aliphatic rings. The number of amides is 3. The third-order valence-corrected chi connectivity index (χ3v) is 6.82. The van der Waals surface area contributed by atoms with Crippen molar-refractivity contribution in [1.29, 1.82) is 0 Å². The summed E-state index contributed by atoms with van der Waals surface area (Å²) in [5.41, 5.74) is -6.32. The van der Waals surface area contributed by atoms with Gasteiger partial charge in [0.15, 0.2) is 0 Å². The van der Waals surface area contributed by atoms with Crippen LogP contribution in [0.15, 0.2) is 59.6 Å². The highest BCUT2D eigenvalue weighted by molar-refractivity contribution is 7.92. The lowest BCUT2D eigenvalue weighted by molar-refractivity contribution is -0.121. The zero-order valence-corrected chi connectivity index (χ0v) is 17.7. The van der Waals surface area contributed by atoms with Crippen LogP contribution in [0.5, 0.6) is 0 Å². The minimum Gasteiger partial charge on any atom is -0.323 e. The molecule has 0 saturated carbocycles. The van der Waals surface area contributed by atoms with Gasteiger partial charge >= 0.3 is 11.5 Å². The molecular formula is C21H15F4N3O4S. The summed E-state index contributed by atoms with van der Waals surface area (Å²) >= 11 is 0. The first-order valence-electron chi connectivity index (χ1n) is 9.45. The highest BCUT2D eigenvalue weighted by Crippen LogP contribution is 2.33. The van der Waals surface area contributed by atoms with Crippen molar-refractivity contribution in [3.8, 4) is 0 Å². The predicted molar refractivity (Wildman–Crippen MR) is 110 cm³/mol. The lowest BCUT2D eigenvalue weighted by Gasteiger charge is -2.22. The summed E-state index contributed by atoms with van der Waals surface area (Å²) in [6.07, 6.45) is 1.36. The van der Waals surface area contributed by atoms with Crippen molar-refractivity contribution in [2.24, 2.45) is 0 Å². The SMILES string of the molecule is CC1(Cc2ccnc3cccc(F)c23)NC(=O)N(c2ccc(S(=O)(=O)C(F)(F)F)cc2)C1=O. The van der Waals surface area contributed by atoms with E-state index in [4.69, 9.17) is 0 Å². The van der Waals surface area contributed by atoms with Crippen LogP contribution < -0.4 is 10.2 Å². The van der Waals surface area contributed by atoms with Crippen LogP contribution in [0.2, 0.25) is 0 Å². The maximum Gasteiger partial charge on any atom is 0.501 e. The molecule has 172 valence electrons. The molecule has 1 aliphatic heterocycles. The van der Waals surface area contributed by atoms with Gasteiger partial charge in [-0.15, -0.1) is 0 Å². The Balaban J connectivity index is 1.66. The van der Waals surface area contributed by atoms with E-state index in [-0.39, 0.29) is 17.5 Å². The molecule has 0 aliphatic carbocycles. The maximum absolute atomic E-state index is 14.4. The molecule has 1 saturated heterocycles. The topological polar surface area (TPSA) is 96.4 Å². The van der Waals surface area contributed by atoms with Crippen LogP contribution in [0.25, 0.3) is 10.9 Å². The Morgan fingerprint density at radius 1 is 1.06 bits per heavy atom. The number of nitrogens with zero attached hydrogens (tertiary/aromatic N) is 2. The Morgan fingerprint density at radius 3 is 2.36 bits per heavy atom. The van der Waals surface area contributed by atoms with E-state index in [9.17, 15) is 35.6 Å². The molecule has 0 spiro atoms. The van der Waals surface area contributed by atoms with Crippen LogP contribution in [0.4, 0.5) is 28.0 Å². The quantitative estimate of drug-likeness (QED) is 0.453. The van der Waals surface area contributed by atoms with E-state index in [0.717, 1.165) is 12.1 Å². The first kappa shape index (κ1) is 22.6. The summed E-state index contributed by atoms with van der Waals surface area (Å²) in [5, 5.41) is 2.72. The Kier molecular flexibility index (Phi) is 5.15. The van der Waals surface area contributed by atoms with Gasteiger partial charge in [-0.1, -0.05) is 6.07 Å². The summed E-state index contributed by atoms with van der Waals surface area (Å²) < 4.78 is 75.7. The van der Waals surface area contributed by atoms with Gasteiger partial charge in [-0.05, 0) is 55.0 Å². The van der Waals surface area contributed by atoms with Crippen molar-refractivity contribution in [2.75, 3.05) is 4.90 Å². The van der Waals surface area contributed by atoms with E-state index >= 15 is 0 Å². The van der Waals surface area contributed by atoms with Crippen LogP contribution >= 0.6 is 0 Å². The number of hydrogen-bond acceptors (Lipinski definition) is 5. The number of benzene rings is 2. The Morgan fingerprint density at radius 2 is 1.73 bits per heavy atom. The van der Waals surface area contributed by atoms with Crippen LogP contribution in [-0.2, 0) is 21.1 Å². The van der Waals surface area contributed by atoms with Gasteiger partial charge in [0.05, 0.1) is 16.1 Å². The number of imide groups is 1. The summed E-state index contributed by atoms with van der Waals surface area (Å²) in [6, 6.07) is 8.20. The molecular weight excluding hydrogens is 466 g/mol. The Labute approximate surface area is 184 Å². The summed E-state index contributed by atoms with van der Waals surface area (Å²) in [7, 11) is -5.58. The summed E-state index contributed by atoms with van der Waals surface area (Å²) in [4.78, 5) is 29.5. The number of rotatable bonds is 4. The number of carbonyl (C=O) groups is 2. The first-order valence-corrected chi connectivity index (χ1v) is 10.9. The molecule has 1 N–H and O–H groups in total. The van der Waals surface area contributed by atoms with E-state index in [1.807, 2.05) is 0 Å². The van der Waals surface area contributed by atoms with Crippen molar-refractivity contribution in [3.05, 3.63) is 66.1 Å². The molecule has 33 heavy (non-hydrogen) atoms. The van der Waals surface area contributed by atoms with Crippen LogP contribution in [0.3, 0.4) is 0 Å². The van der Waals surface area contributed by atoms with Crippen LogP contribution in [0.1, 0.15) is 12.5 Å². The number of fused-ring (bicyclic) bond motifs is 1. The second kappa shape index (κ2) is 7.51. The van der Waals surface area contributed by atoms with Crippen LogP contribution in [-0.4, -0.2) is 36.4 Å². The second-order valence-corrected chi connectivity index (χ2v) is 9.57. The number of nitrogens with one attached hydrogen (secondary N) is 1. The molecule has 1 aromatic heterocycles. The number of anilines is 1. The van der Waals surface area contributed by atoms with Gasteiger partial charge in [0.25, 0.3) is 15.7 Å². The number of urea groups is 1. The zero-order chi connectivity index (χ0) is 24.2. The van der Waals surface area contributed by atoms with Crippen molar-refractivity contribution < 1.29 is 35.6 Å². The van der Waals surface area contributed by atoms with E-state index < -0.39 is 43.5 Å². The predicted octanol–water partition coefficient (Wildman–Crippen LogP) is 3.73. The molecule has 7 nitrogen and oxygen atoms in total. The fourth-order valence-corrected chi connectivity index (χ4v) is 4.47. The van der Waals surface area contributed by atoms with E-state index in [1.165, 1.54) is 31.3 Å². The number of alkyl halides is 3. The zero-order valence-electron chi connectivity index (χ0n) is 16.9. The average Bonchev–Trinajstić information content (AvgIpc) is 2.95. The number of carbonyl (C=O) groups excluding carboxylic acids is 2. The van der Waals surface area contributed by atoms with Crippen molar-refractivity contribution in [3.63, 3.8) is 0 Å². The molecule has 1 unspecified atom stereocenters. The highest BCUT2D eigenvalue weighted by atomic mass is 32.2. The number of halogens is 4. The molecule has 0 bridgehead atoms. The molecule has 3 amide bonds. The van der Waals surface area contributed by atoms with Crippen molar-refractivity contribution in [2.45, 2.75) is 29.3 Å². The number of hydrogen-bond donors (Lipinski definition) is 1. The monoisotopic (exact) mass is 481 g/mol. The first-order chi connectivity index (χ1) is 15.3. The molecule has 2 aromatic carbocycles. The van der Waals surface area contributed by atoms with Gasteiger partial charge in [0.2, 0.25) is 0 Å². The fourth-order valence-electron chi connectivity index (χ4n) is 3.70. The van der Waals surface area contributed by atoms with E-state index in [1.54, 1.807) is 6.07 Å². The normalized spacial score (nSPS) is 19.2. The molecule has 2 heterocycles. The number of sulfone groups is 1. The molecule has 3 aromatic rings. The molecule has 0 radical (unpaired) electrons. The molecule has 12 heteroatoms. The van der Waals surface area contributed by atoms with Gasteiger partial charge in [-0.3, -0.25) is 9.78 Å². The fraction of sp³-hybridized carbons (Fsp3) is 0.190. The minimum absolute atomic E-state index is 0.0887. The largest absolute Gasteiger partial charge is 0.501 e. The smallest absolute Gasteiger partial charge is 0.323 e. The van der Waals surface area contributed by atoms with Crippen LogP contribution in [0, 0.1) is 5.82 Å². The third kappa shape index (κ3) is 3.69. The molecule has 1 atom stereocenters.